The van der Waals surface area contributed by atoms with Gasteiger partial charge in [-0.2, -0.15) is 13.2 Å². The summed E-state index contributed by atoms with van der Waals surface area (Å²) in [7, 11) is -3.91. The van der Waals surface area contributed by atoms with Crippen LogP contribution in [-0.2, 0) is 32.3 Å². The molecule has 1 atom stereocenters. The summed E-state index contributed by atoms with van der Waals surface area (Å²) >= 11 is 0. The Labute approximate surface area is 210 Å². The average molecular weight is 528 g/mol. The van der Waals surface area contributed by atoms with Gasteiger partial charge in [0.15, 0.2) is 0 Å². The zero-order valence-corrected chi connectivity index (χ0v) is 21.6. The summed E-state index contributed by atoms with van der Waals surface area (Å²) < 4.78 is 64.9. The van der Waals surface area contributed by atoms with Crippen molar-refractivity contribution in [1.82, 2.24) is 10.2 Å². The number of sulfonamides is 1. The molecule has 0 aromatic heterocycles. The van der Waals surface area contributed by atoms with E-state index in [2.05, 4.69) is 5.32 Å². The molecule has 0 saturated carbocycles. The number of rotatable bonds is 11. The van der Waals surface area contributed by atoms with Gasteiger partial charge in [-0.05, 0) is 51.0 Å². The van der Waals surface area contributed by atoms with Crippen LogP contribution in [0.2, 0.25) is 0 Å². The molecule has 2 aromatic carbocycles. The van der Waals surface area contributed by atoms with Crippen LogP contribution in [0.5, 0.6) is 0 Å². The standard InChI is InChI=1S/C25H32F3N3O4S/c1-18(2)29-24(33)19(3)30(17-20-10-6-5-7-11-20)23(32)14-9-15-31(36(4,34)35)22-13-8-12-21(16-22)25(26,27)28/h5-8,10-13,16,18-19H,9,14-15,17H2,1-4H3,(H,29,33). The van der Waals surface area contributed by atoms with Gasteiger partial charge in [0.2, 0.25) is 21.8 Å². The average Bonchev–Trinajstić information content (AvgIpc) is 2.78. The Hall–Kier alpha value is -3.08. The summed E-state index contributed by atoms with van der Waals surface area (Å²) in [6.45, 7) is 5.21. The first-order valence-electron chi connectivity index (χ1n) is 11.5. The first kappa shape index (κ1) is 29.2. The second kappa shape index (κ2) is 12.2. The molecule has 0 aliphatic carbocycles. The Kier molecular flexibility index (Phi) is 9.92. The first-order chi connectivity index (χ1) is 16.7. The number of anilines is 1. The molecular weight excluding hydrogens is 495 g/mol. The van der Waals surface area contributed by atoms with Gasteiger partial charge < -0.3 is 10.2 Å². The minimum atomic E-state index is -4.63. The van der Waals surface area contributed by atoms with Crippen LogP contribution in [0.15, 0.2) is 54.6 Å². The smallest absolute Gasteiger partial charge is 0.352 e. The lowest BCUT2D eigenvalue weighted by Crippen LogP contribution is -2.49. The van der Waals surface area contributed by atoms with E-state index in [0.717, 1.165) is 34.3 Å². The van der Waals surface area contributed by atoms with Crippen molar-refractivity contribution in [2.45, 2.75) is 58.4 Å². The predicted molar refractivity (Wildman–Crippen MR) is 133 cm³/mol. The van der Waals surface area contributed by atoms with Gasteiger partial charge in [-0.1, -0.05) is 36.4 Å². The number of nitrogens with one attached hydrogen (secondary N) is 1. The van der Waals surface area contributed by atoms with Gasteiger partial charge in [-0.25, -0.2) is 8.42 Å². The zero-order valence-electron chi connectivity index (χ0n) is 20.7. The highest BCUT2D eigenvalue weighted by atomic mass is 32.2. The molecule has 7 nitrogen and oxygen atoms in total. The number of nitrogens with zero attached hydrogens (tertiary/aromatic N) is 2. The third-order valence-electron chi connectivity index (χ3n) is 5.41. The highest BCUT2D eigenvalue weighted by Gasteiger charge is 2.32. The van der Waals surface area contributed by atoms with Crippen molar-refractivity contribution in [1.29, 1.82) is 0 Å². The topological polar surface area (TPSA) is 86.8 Å². The summed E-state index contributed by atoms with van der Waals surface area (Å²) in [6.07, 6.45) is -3.78. The van der Waals surface area contributed by atoms with E-state index < -0.39 is 27.8 Å². The van der Waals surface area contributed by atoms with Gasteiger partial charge in [-0.3, -0.25) is 13.9 Å². The minimum Gasteiger partial charge on any atom is -0.352 e. The Balaban J connectivity index is 2.19. The lowest BCUT2D eigenvalue weighted by Gasteiger charge is -2.30. The number of amides is 2. The summed E-state index contributed by atoms with van der Waals surface area (Å²) in [5.74, 6) is -0.696. The Morgan fingerprint density at radius 3 is 2.19 bits per heavy atom. The maximum absolute atomic E-state index is 13.2. The number of benzene rings is 2. The molecule has 11 heteroatoms. The molecule has 0 aliphatic rings. The van der Waals surface area contributed by atoms with E-state index in [1.807, 2.05) is 44.2 Å². The molecule has 198 valence electrons. The second-order valence-corrected chi connectivity index (χ2v) is 10.7. The molecule has 0 aliphatic heterocycles. The SMILES string of the molecule is CC(C)NC(=O)C(C)N(Cc1ccccc1)C(=O)CCCN(c1cccc(C(F)(F)F)c1)S(C)(=O)=O. The van der Waals surface area contributed by atoms with Crippen LogP contribution in [0.4, 0.5) is 18.9 Å². The predicted octanol–water partition coefficient (Wildman–Crippen LogP) is 4.19. The van der Waals surface area contributed by atoms with Crippen LogP contribution in [0, 0.1) is 0 Å². The Bertz CT molecular complexity index is 1140. The normalized spacial score (nSPS) is 12.8. The van der Waals surface area contributed by atoms with Crippen LogP contribution in [0.25, 0.3) is 0 Å². The lowest BCUT2D eigenvalue weighted by molar-refractivity contribution is -0.140. The second-order valence-electron chi connectivity index (χ2n) is 8.83. The van der Waals surface area contributed by atoms with Crippen molar-refractivity contribution in [2.24, 2.45) is 0 Å². The van der Waals surface area contributed by atoms with E-state index in [4.69, 9.17) is 0 Å². The fraction of sp³-hybridized carbons (Fsp3) is 0.440. The van der Waals surface area contributed by atoms with Crippen LogP contribution < -0.4 is 9.62 Å². The van der Waals surface area contributed by atoms with Crippen LogP contribution >= 0.6 is 0 Å². The molecule has 1 N–H and O–H groups in total. The maximum Gasteiger partial charge on any atom is 0.416 e. The van der Waals surface area contributed by atoms with Gasteiger partial charge in [0.1, 0.15) is 6.04 Å². The highest BCUT2D eigenvalue weighted by Crippen LogP contribution is 2.32. The number of carbonyl (C=O) groups is 2. The van der Waals surface area contributed by atoms with E-state index in [0.29, 0.717) is 0 Å². The van der Waals surface area contributed by atoms with Crippen molar-refractivity contribution in [3.05, 3.63) is 65.7 Å². The van der Waals surface area contributed by atoms with E-state index in [-0.39, 0.29) is 49.5 Å². The van der Waals surface area contributed by atoms with Crippen molar-refractivity contribution in [3.63, 3.8) is 0 Å². The van der Waals surface area contributed by atoms with Crippen LogP contribution in [0.3, 0.4) is 0 Å². The number of alkyl halides is 3. The molecule has 0 fully saturated rings. The quantitative estimate of drug-likeness (QED) is 0.475. The molecule has 0 radical (unpaired) electrons. The highest BCUT2D eigenvalue weighted by molar-refractivity contribution is 7.92. The van der Waals surface area contributed by atoms with Crippen LogP contribution in [0.1, 0.15) is 44.7 Å². The molecule has 0 spiro atoms. The number of hydrogen-bond donors (Lipinski definition) is 1. The van der Waals surface area contributed by atoms with Crippen LogP contribution in [-0.4, -0.2) is 50.0 Å². The molecule has 2 aromatic rings. The van der Waals surface area contributed by atoms with E-state index in [1.54, 1.807) is 6.92 Å². The first-order valence-corrected chi connectivity index (χ1v) is 13.3. The molecule has 0 saturated heterocycles. The van der Waals surface area contributed by atoms with E-state index >= 15 is 0 Å². The number of halogens is 3. The monoisotopic (exact) mass is 527 g/mol. The summed E-state index contributed by atoms with van der Waals surface area (Å²) in [5.41, 5.74) is -0.286. The lowest BCUT2D eigenvalue weighted by atomic mass is 10.1. The summed E-state index contributed by atoms with van der Waals surface area (Å²) in [4.78, 5) is 27.2. The van der Waals surface area contributed by atoms with Gasteiger partial charge in [-0.15, -0.1) is 0 Å². The van der Waals surface area contributed by atoms with Gasteiger partial charge in [0.05, 0.1) is 17.5 Å². The fourth-order valence-corrected chi connectivity index (χ4v) is 4.57. The van der Waals surface area contributed by atoms with E-state index in [9.17, 15) is 31.2 Å². The zero-order chi connectivity index (χ0) is 27.1. The van der Waals surface area contributed by atoms with Gasteiger partial charge >= 0.3 is 6.18 Å². The van der Waals surface area contributed by atoms with Gasteiger partial charge in [0.25, 0.3) is 0 Å². The molecule has 0 heterocycles. The third kappa shape index (κ3) is 8.54. The molecule has 36 heavy (non-hydrogen) atoms. The van der Waals surface area contributed by atoms with Crippen molar-refractivity contribution in [3.8, 4) is 0 Å². The molecule has 2 amide bonds. The van der Waals surface area contributed by atoms with Crippen molar-refractivity contribution in [2.75, 3.05) is 17.1 Å². The molecule has 1 unspecified atom stereocenters. The third-order valence-corrected chi connectivity index (χ3v) is 6.60. The fourth-order valence-electron chi connectivity index (χ4n) is 3.61. The largest absolute Gasteiger partial charge is 0.416 e. The number of carbonyl (C=O) groups excluding carboxylic acids is 2. The minimum absolute atomic E-state index is 0.0476. The summed E-state index contributed by atoms with van der Waals surface area (Å²) in [5, 5.41) is 2.78. The van der Waals surface area contributed by atoms with Crippen molar-refractivity contribution >= 4 is 27.5 Å². The maximum atomic E-state index is 13.2. The Morgan fingerprint density at radius 1 is 1.00 bits per heavy atom. The van der Waals surface area contributed by atoms with Gasteiger partial charge in [0, 0.05) is 25.6 Å². The molecule has 0 bridgehead atoms. The summed E-state index contributed by atoms with van der Waals surface area (Å²) in [6, 6.07) is 12.2. The Morgan fingerprint density at radius 2 is 1.64 bits per heavy atom. The molecular formula is C25H32F3N3O4S. The number of hydrogen-bond acceptors (Lipinski definition) is 4. The molecule has 2 rings (SSSR count). The van der Waals surface area contributed by atoms with E-state index in [1.165, 1.54) is 11.0 Å². The van der Waals surface area contributed by atoms with Crippen molar-refractivity contribution < 1.29 is 31.2 Å².